The van der Waals surface area contributed by atoms with E-state index in [1.54, 1.807) is 11.0 Å². The van der Waals surface area contributed by atoms with Crippen molar-refractivity contribution in [3.63, 3.8) is 0 Å². The number of hydrogen-bond donors (Lipinski definition) is 1. The molecule has 1 fully saturated rings. The van der Waals surface area contributed by atoms with Crippen molar-refractivity contribution in [1.29, 1.82) is 0 Å². The first-order chi connectivity index (χ1) is 13.1. The number of para-hydroxylation sites is 1. The lowest BCUT2D eigenvalue weighted by atomic mass is 10.2. The van der Waals surface area contributed by atoms with Crippen molar-refractivity contribution in [2.45, 2.75) is 32.9 Å². The van der Waals surface area contributed by atoms with Crippen LogP contribution in [0.5, 0.6) is 0 Å². The lowest BCUT2D eigenvalue weighted by Crippen LogP contribution is -2.38. The molecule has 0 spiro atoms. The Hall–Kier alpha value is -3.16. The first kappa shape index (κ1) is 17.3. The Morgan fingerprint density at radius 1 is 1.30 bits per heavy atom. The molecule has 140 valence electrons. The highest BCUT2D eigenvalue weighted by Crippen LogP contribution is 2.23. The molecule has 2 amide bonds. The summed E-state index contributed by atoms with van der Waals surface area (Å²) < 4.78 is 3.75. The molecule has 1 aliphatic heterocycles. The van der Waals surface area contributed by atoms with Gasteiger partial charge in [-0.05, 0) is 38.0 Å². The van der Waals surface area contributed by atoms with Crippen LogP contribution in [-0.4, -0.2) is 48.6 Å². The molecule has 0 radical (unpaired) electrons. The van der Waals surface area contributed by atoms with E-state index >= 15 is 0 Å². The molecule has 27 heavy (non-hydrogen) atoms. The van der Waals surface area contributed by atoms with Crippen LogP contribution < -0.4 is 5.32 Å². The standard InChI is InChI=1S/C19H23N7O/c1-14-9-15(2)26(23-14)17-7-8-24(11-17)19(27)21-10-16-5-3-4-6-18(16)25-13-20-12-22-25/h3-6,9,12-13,17H,7-8,10-11H2,1-2H3,(H,21,27)/t17-/m1/s1. The largest absolute Gasteiger partial charge is 0.334 e. The van der Waals surface area contributed by atoms with Crippen LogP contribution in [0.1, 0.15) is 29.4 Å². The van der Waals surface area contributed by atoms with Gasteiger partial charge < -0.3 is 10.2 Å². The van der Waals surface area contributed by atoms with Gasteiger partial charge in [0.25, 0.3) is 0 Å². The van der Waals surface area contributed by atoms with E-state index in [0.29, 0.717) is 13.1 Å². The van der Waals surface area contributed by atoms with Gasteiger partial charge in [-0.2, -0.15) is 10.2 Å². The Labute approximate surface area is 157 Å². The van der Waals surface area contributed by atoms with E-state index in [2.05, 4.69) is 33.5 Å². The number of likely N-dealkylation sites (tertiary alicyclic amines) is 1. The average Bonchev–Trinajstić information content (AvgIpc) is 3.41. The minimum absolute atomic E-state index is 0.0487. The van der Waals surface area contributed by atoms with Crippen molar-refractivity contribution in [3.05, 3.63) is 59.9 Å². The molecule has 2 aromatic heterocycles. The second-order valence-corrected chi connectivity index (χ2v) is 6.89. The lowest BCUT2D eigenvalue weighted by molar-refractivity contribution is 0.206. The fourth-order valence-electron chi connectivity index (χ4n) is 3.64. The van der Waals surface area contributed by atoms with Gasteiger partial charge in [0, 0.05) is 25.3 Å². The molecule has 0 aliphatic carbocycles. The topological polar surface area (TPSA) is 80.9 Å². The number of aryl methyl sites for hydroxylation is 2. The summed E-state index contributed by atoms with van der Waals surface area (Å²) in [6, 6.07) is 10.1. The maximum Gasteiger partial charge on any atom is 0.317 e. The molecule has 1 aliphatic rings. The summed E-state index contributed by atoms with van der Waals surface area (Å²) >= 11 is 0. The molecule has 8 heteroatoms. The Morgan fingerprint density at radius 2 is 2.15 bits per heavy atom. The summed E-state index contributed by atoms with van der Waals surface area (Å²) in [4.78, 5) is 18.5. The van der Waals surface area contributed by atoms with Crippen LogP contribution in [0.2, 0.25) is 0 Å². The maximum atomic E-state index is 12.6. The van der Waals surface area contributed by atoms with Crippen molar-refractivity contribution in [2.24, 2.45) is 0 Å². The van der Waals surface area contributed by atoms with Crippen LogP contribution in [0, 0.1) is 13.8 Å². The van der Waals surface area contributed by atoms with Crippen molar-refractivity contribution in [1.82, 2.24) is 34.8 Å². The third-order valence-corrected chi connectivity index (χ3v) is 4.93. The Kier molecular flexibility index (Phi) is 4.62. The van der Waals surface area contributed by atoms with E-state index in [0.717, 1.165) is 35.6 Å². The quantitative estimate of drug-likeness (QED) is 0.769. The third kappa shape index (κ3) is 3.55. The van der Waals surface area contributed by atoms with Gasteiger partial charge in [0.05, 0.1) is 17.4 Å². The predicted molar refractivity (Wildman–Crippen MR) is 101 cm³/mol. The van der Waals surface area contributed by atoms with Crippen molar-refractivity contribution < 1.29 is 4.79 Å². The molecule has 1 atom stereocenters. The van der Waals surface area contributed by atoms with Crippen LogP contribution >= 0.6 is 0 Å². The average molecular weight is 365 g/mol. The summed E-state index contributed by atoms with van der Waals surface area (Å²) in [6.07, 6.45) is 4.07. The molecule has 1 saturated heterocycles. The number of carbonyl (C=O) groups is 1. The fraction of sp³-hybridized carbons (Fsp3) is 0.368. The zero-order valence-corrected chi connectivity index (χ0v) is 15.5. The predicted octanol–water partition coefficient (Wildman–Crippen LogP) is 2.24. The summed E-state index contributed by atoms with van der Waals surface area (Å²) in [6.45, 7) is 5.91. The minimum atomic E-state index is -0.0487. The smallest absolute Gasteiger partial charge is 0.317 e. The summed E-state index contributed by atoms with van der Waals surface area (Å²) in [5.41, 5.74) is 4.06. The number of rotatable bonds is 4. The van der Waals surface area contributed by atoms with E-state index in [9.17, 15) is 4.79 Å². The van der Waals surface area contributed by atoms with Crippen LogP contribution in [0.15, 0.2) is 43.0 Å². The lowest BCUT2D eigenvalue weighted by Gasteiger charge is -2.19. The normalized spacial score (nSPS) is 16.7. The van der Waals surface area contributed by atoms with Gasteiger partial charge in [-0.3, -0.25) is 4.68 Å². The highest BCUT2D eigenvalue weighted by molar-refractivity contribution is 5.74. The van der Waals surface area contributed by atoms with Gasteiger partial charge in [0.1, 0.15) is 12.7 Å². The summed E-state index contributed by atoms with van der Waals surface area (Å²) in [5.74, 6) is 0. The number of nitrogens with zero attached hydrogens (tertiary/aromatic N) is 6. The third-order valence-electron chi connectivity index (χ3n) is 4.93. The fourth-order valence-corrected chi connectivity index (χ4v) is 3.64. The van der Waals surface area contributed by atoms with Crippen LogP contribution in [0.4, 0.5) is 4.79 Å². The van der Waals surface area contributed by atoms with Crippen LogP contribution in [-0.2, 0) is 6.54 Å². The second-order valence-electron chi connectivity index (χ2n) is 6.89. The summed E-state index contributed by atoms with van der Waals surface area (Å²) in [5, 5.41) is 11.8. The zero-order chi connectivity index (χ0) is 18.8. The number of amides is 2. The molecule has 0 unspecified atom stereocenters. The number of carbonyl (C=O) groups excluding carboxylic acids is 1. The van der Waals surface area contributed by atoms with Crippen LogP contribution in [0.25, 0.3) is 5.69 Å². The monoisotopic (exact) mass is 365 g/mol. The van der Waals surface area contributed by atoms with E-state index in [4.69, 9.17) is 0 Å². The second kappa shape index (κ2) is 7.22. The first-order valence-corrected chi connectivity index (χ1v) is 9.10. The molecule has 4 rings (SSSR count). The van der Waals surface area contributed by atoms with E-state index in [1.165, 1.54) is 6.33 Å². The highest BCUT2D eigenvalue weighted by Gasteiger charge is 2.28. The van der Waals surface area contributed by atoms with Gasteiger partial charge in [-0.1, -0.05) is 18.2 Å². The molecule has 8 nitrogen and oxygen atoms in total. The van der Waals surface area contributed by atoms with Gasteiger partial charge in [0.2, 0.25) is 0 Å². The maximum absolute atomic E-state index is 12.6. The van der Waals surface area contributed by atoms with Crippen molar-refractivity contribution >= 4 is 6.03 Å². The van der Waals surface area contributed by atoms with Crippen molar-refractivity contribution in [2.75, 3.05) is 13.1 Å². The zero-order valence-electron chi connectivity index (χ0n) is 15.5. The first-order valence-electron chi connectivity index (χ1n) is 9.10. The van der Waals surface area contributed by atoms with Gasteiger partial charge in [-0.15, -0.1) is 0 Å². The Morgan fingerprint density at radius 3 is 2.89 bits per heavy atom. The minimum Gasteiger partial charge on any atom is -0.334 e. The molecule has 0 saturated carbocycles. The number of benzene rings is 1. The molecular weight excluding hydrogens is 342 g/mol. The molecule has 1 aromatic carbocycles. The molecule has 3 aromatic rings. The van der Waals surface area contributed by atoms with Crippen molar-refractivity contribution in [3.8, 4) is 5.69 Å². The summed E-state index contributed by atoms with van der Waals surface area (Å²) in [7, 11) is 0. The van der Waals surface area contributed by atoms with Gasteiger partial charge in [0.15, 0.2) is 0 Å². The van der Waals surface area contributed by atoms with Gasteiger partial charge >= 0.3 is 6.03 Å². The molecular formula is C19H23N7O. The SMILES string of the molecule is Cc1cc(C)n([C@@H]2CCN(C(=O)NCc3ccccc3-n3cncn3)C2)n1. The number of aromatic nitrogens is 5. The molecule has 0 bridgehead atoms. The Balaban J connectivity index is 1.39. The van der Waals surface area contributed by atoms with E-state index in [1.807, 2.05) is 40.8 Å². The Bertz CT molecular complexity index is 931. The van der Waals surface area contributed by atoms with Crippen LogP contribution in [0.3, 0.4) is 0 Å². The number of urea groups is 1. The number of nitrogens with one attached hydrogen (secondary N) is 1. The molecule has 3 heterocycles. The van der Waals surface area contributed by atoms with Gasteiger partial charge in [-0.25, -0.2) is 14.5 Å². The molecule has 1 N–H and O–H groups in total. The van der Waals surface area contributed by atoms with E-state index in [-0.39, 0.29) is 12.1 Å². The number of hydrogen-bond acceptors (Lipinski definition) is 4. The highest BCUT2D eigenvalue weighted by atomic mass is 16.2. The van der Waals surface area contributed by atoms with E-state index < -0.39 is 0 Å².